The van der Waals surface area contributed by atoms with E-state index in [2.05, 4.69) is 6.92 Å². The van der Waals surface area contributed by atoms with Crippen LogP contribution in [-0.2, 0) is 0 Å². The number of aliphatic hydroxyl groups excluding tert-OH is 1. The zero-order valence-electron chi connectivity index (χ0n) is 8.50. The van der Waals surface area contributed by atoms with Crippen LogP contribution in [0.1, 0.15) is 45.4 Å². The number of rotatable bonds is 1. The highest BCUT2D eigenvalue weighted by molar-refractivity contribution is 5.16. The van der Waals surface area contributed by atoms with Gasteiger partial charge in [0, 0.05) is 0 Å². The summed E-state index contributed by atoms with van der Waals surface area (Å²) in [6.07, 6.45) is 7.91. The minimum Gasteiger partial charge on any atom is -0.393 e. The summed E-state index contributed by atoms with van der Waals surface area (Å²) in [6, 6.07) is 0. The van der Waals surface area contributed by atoms with E-state index >= 15 is 0 Å². The maximum Gasteiger partial charge on any atom is 0.0543 e. The lowest BCUT2D eigenvalue weighted by atomic mass is 9.55. The maximum absolute atomic E-state index is 9.65. The molecule has 5 atom stereocenters. The summed E-state index contributed by atoms with van der Waals surface area (Å²) < 4.78 is 0. The molecule has 3 unspecified atom stereocenters. The van der Waals surface area contributed by atoms with Gasteiger partial charge in [0.25, 0.3) is 0 Å². The third-order valence-corrected chi connectivity index (χ3v) is 5.12. The van der Waals surface area contributed by atoms with Gasteiger partial charge in [0.05, 0.1) is 6.10 Å². The van der Waals surface area contributed by atoms with Gasteiger partial charge in [-0.05, 0) is 55.3 Å². The Morgan fingerprint density at radius 1 is 1.31 bits per heavy atom. The van der Waals surface area contributed by atoms with Gasteiger partial charge in [-0.15, -0.1) is 0 Å². The SMILES string of the molecule is CC[C@H]1C[C@]12CC1CCC(O)CC12. The van der Waals surface area contributed by atoms with Gasteiger partial charge in [0.2, 0.25) is 0 Å². The van der Waals surface area contributed by atoms with E-state index in [1.165, 1.54) is 25.7 Å². The molecule has 0 aromatic rings. The lowest BCUT2D eigenvalue weighted by Crippen LogP contribution is -2.45. The van der Waals surface area contributed by atoms with Crippen molar-refractivity contribution in [3.8, 4) is 0 Å². The topological polar surface area (TPSA) is 20.2 Å². The van der Waals surface area contributed by atoms with Crippen molar-refractivity contribution in [3.05, 3.63) is 0 Å². The van der Waals surface area contributed by atoms with E-state index in [1.807, 2.05) is 0 Å². The zero-order valence-corrected chi connectivity index (χ0v) is 8.50. The first kappa shape index (κ1) is 8.28. The van der Waals surface area contributed by atoms with Crippen molar-refractivity contribution in [2.75, 3.05) is 0 Å². The van der Waals surface area contributed by atoms with E-state index in [-0.39, 0.29) is 6.10 Å². The van der Waals surface area contributed by atoms with Crippen LogP contribution in [0.3, 0.4) is 0 Å². The molecular weight excluding hydrogens is 160 g/mol. The minimum atomic E-state index is 0.0385. The summed E-state index contributed by atoms with van der Waals surface area (Å²) in [7, 11) is 0. The molecule has 1 nitrogen and oxygen atoms in total. The molecule has 3 fully saturated rings. The largest absolute Gasteiger partial charge is 0.393 e. The van der Waals surface area contributed by atoms with Crippen LogP contribution in [-0.4, -0.2) is 11.2 Å². The van der Waals surface area contributed by atoms with Crippen molar-refractivity contribution in [1.29, 1.82) is 0 Å². The highest BCUT2D eigenvalue weighted by atomic mass is 16.3. The number of hydrogen-bond donors (Lipinski definition) is 1. The number of hydrogen-bond acceptors (Lipinski definition) is 1. The highest BCUT2D eigenvalue weighted by Gasteiger charge is 2.67. The predicted molar refractivity (Wildman–Crippen MR) is 52.3 cm³/mol. The summed E-state index contributed by atoms with van der Waals surface area (Å²) in [5.41, 5.74) is 0.751. The fourth-order valence-electron chi connectivity index (χ4n) is 4.29. The summed E-state index contributed by atoms with van der Waals surface area (Å²) in [6.45, 7) is 2.33. The molecule has 3 saturated carbocycles. The van der Waals surface area contributed by atoms with Crippen LogP contribution in [0.5, 0.6) is 0 Å². The molecule has 1 N–H and O–H groups in total. The molecule has 13 heavy (non-hydrogen) atoms. The third-order valence-electron chi connectivity index (χ3n) is 5.12. The van der Waals surface area contributed by atoms with Gasteiger partial charge in [-0.2, -0.15) is 0 Å². The fraction of sp³-hybridized carbons (Fsp3) is 1.00. The molecule has 0 aromatic carbocycles. The summed E-state index contributed by atoms with van der Waals surface area (Å²) >= 11 is 0. The molecule has 0 amide bonds. The van der Waals surface area contributed by atoms with Gasteiger partial charge in [0.15, 0.2) is 0 Å². The third kappa shape index (κ3) is 0.971. The van der Waals surface area contributed by atoms with Gasteiger partial charge in [0.1, 0.15) is 0 Å². The number of aliphatic hydroxyl groups is 1. The van der Waals surface area contributed by atoms with Crippen molar-refractivity contribution < 1.29 is 5.11 Å². The van der Waals surface area contributed by atoms with Crippen LogP contribution in [0.25, 0.3) is 0 Å². The second kappa shape index (κ2) is 2.50. The van der Waals surface area contributed by atoms with E-state index in [4.69, 9.17) is 0 Å². The van der Waals surface area contributed by atoms with Crippen LogP contribution < -0.4 is 0 Å². The first-order valence-electron chi connectivity index (χ1n) is 5.94. The van der Waals surface area contributed by atoms with Crippen LogP contribution >= 0.6 is 0 Å². The Bertz CT molecular complexity index is 225. The molecule has 74 valence electrons. The van der Waals surface area contributed by atoms with Crippen LogP contribution in [0.4, 0.5) is 0 Å². The summed E-state index contributed by atoms with van der Waals surface area (Å²) in [5, 5.41) is 9.65. The van der Waals surface area contributed by atoms with Gasteiger partial charge in [-0.3, -0.25) is 0 Å². The van der Waals surface area contributed by atoms with Crippen molar-refractivity contribution in [3.63, 3.8) is 0 Å². The molecular formula is C12H20O. The molecule has 1 heteroatoms. The first-order chi connectivity index (χ1) is 6.26. The highest BCUT2D eigenvalue weighted by Crippen LogP contribution is 2.74. The van der Waals surface area contributed by atoms with Gasteiger partial charge >= 0.3 is 0 Å². The Morgan fingerprint density at radius 3 is 2.85 bits per heavy atom. The van der Waals surface area contributed by atoms with E-state index in [0.29, 0.717) is 0 Å². The van der Waals surface area contributed by atoms with Crippen molar-refractivity contribution in [2.45, 2.75) is 51.6 Å². The molecule has 0 radical (unpaired) electrons. The Hall–Kier alpha value is -0.0400. The standard InChI is InChI=1S/C12H20O/c1-2-9-7-12(9)6-8-3-4-10(13)5-11(8)12/h8-11,13H,2-7H2,1H3/t8?,9-,10?,11?,12+/m0/s1. The van der Waals surface area contributed by atoms with Gasteiger partial charge < -0.3 is 5.11 Å². The van der Waals surface area contributed by atoms with Crippen LogP contribution in [0, 0.1) is 23.2 Å². The smallest absolute Gasteiger partial charge is 0.0543 e. The average Bonchev–Trinajstić information content (AvgIpc) is 2.84. The van der Waals surface area contributed by atoms with E-state index in [0.717, 1.165) is 36.0 Å². The molecule has 0 bridgehead atoms. The molecule has 0 aromatic heterocycles. The Kier molecular flexibility index (Phi) is 1.59. The summed E-state index contributed by atoms with van der Waals surface area (Å²) in [5.74, 6) is 2.94. The normalized spacial score (nSPS) is 58.6. The van der Waals surface area contributed by atoms with Gasteiger partial charge in [-0.25, -0.2) is 0 Å². The molecule has 0 heterocycles. The lowest BCUT2D eigenvalue weighted by Gasteiger charge is -2.51. The quantitative estimate of drug-likeness (QED) is 0.657. The maximum atomic E-state index is 9.65. The molecule has 0 aliphatic heterocycles. The Morgan fingerprint density at radius 2 is 2.15 bits per heavy atom. The Balaban J connectivity index is 1.70. The molecule has 0 saturated heterocycles. The van der Waals surface area contributed by atoms with Gasteiger partial charge in [-0.1, -0.05) is 13.3 Å². The predicted octanol–water partition coefficient (Wildman–Crippen LogP) is 2.58. The fourth-order valence-corrected chi connectivity index (χ4v) is 4.29. The lowest BCUT2D eigenvalue weighted by molar-refractivity contribution is -0.0533. The van der Waals surface area contributed by atoms with Crippen LogP contribution in [0.2, 0.25) is 0 Å². The van der Waals surface area contributed by atoms with Crippen molar-refractivity contribution >= 4 is 0 Å². The zero-order chi connectivity index (χ0) is 9.05. The van der Waals surface area contributed by atoms with E-state index in [9.17, 15) is 5.11 Å². The first-order valence-corrected chi connectivity index (χ1v) is 5.94. The average molecular weight is 180 g/mol. The second-order valence-corrected chi connectivity index (χ2v) is 5.58. The minimum absolute atomic E-state index is 0.0385. The van der Waals surface area contributed by atoms with Crippen LogP contribution in [0.15, 0.2) is 0 Å². The van der Waals surface area contributed by atoms with E-state index in [1.54, 1.807) is 0 Å². The molecule has 3 rings (SSSR count). The summed E-state index contributed by atoms with van der Waals surface area (Å²) in [4.78, 5) is 0. The van der Waals surface area contributed by atoms with Crippen molar-refractivity contribution in [2.24, 2.45) is 23.2 Å². The monoisotopic (exact) mass is 180 g/mol. The Labute approximate surface area is 80.5 Å². The number of fused-ring (bicyclic) bond motifs is 2. The second-order valence-electron chi connectivity index (χ2n) is 5.58. The molecule has 3 aliphatic rings. The molecule has 1 spiro atoms. The van der Waals surface area contributed by atoms with Crippen molar-refractivity contribution in [1.82, 2.24) is 0 Å². The molecule has 3 aliphatic carbocycles. The van der Waals surface area contributed by atoms with E-state index < -0.39 is 0 Å².